The summed E-state index contributed by atoms with van der Waals surface area (Å²) in [4.78, 5) is 11.0. The Kier molecular flexibility index (Phi) is 6.98. The summed E-state index contributed by atoms with van der Waals surface area (Å²) in [5.41, 5.74) is 2.21. The summed E-state index contributed by atoms with van der Waals surface area (Å²) in [5.74, 6) is -1.01. The first-order valence-corrected chi connectivity index (χ1v) is 9.98. The number of carboxylic acids is 1. The van der Waals surface area contributed by atoms with E-state index in [1.165, 1.54) is 24.3 Å². The van der Waals surface area contributed by atoms with E-state index in [0.717, 1.165) is 0 Å². The van der Waals surface area contributed by atoms with Crippen LogP contribution in [0.5, 0.6) is 11.5 Å². The molecule has 0 fully saturated rings. The van der Waals surface area contributed by atoms with Gasteiger partial charge >= 0.3 is 12.3 Å². The second-order valence-corrected chi connectivity index (χ2v) is 7.70. The van der Waals surface area contributed by atoms with Crippen molar-refractivity contribution in [1.82, 2.24) is 10.2 Å². The molecule has 6 nitrogen and oxygen atoms in total. The average Bonchev–Trinajstić information content (AvgIpc) is 3.07. The minimum atomic E-state index is -4.80. The summed E-state index contributed by atoms with van der Waals surface area (Å²) < 4.78 is 47.7. The van der Waals surface area contributed by atoms with E-state index in [1.807, 2.05) is 13.8 Å². The SMILES string of the molecule is CC(C)c1n[nH]c(Cl)c1C(Oc1cccc(CC(=O)O)c1)c1ccc(OC(F)(F)F)cc1. The highest BCUT2D eigenvalue weighted by Crippen LogP contribution is 2.37. The van der Waals surface area contributed by atoms with Crippen LogP contribution in [0.1, 0.15) is 48.3 Å². The van der Waals surface area contributed by atoms with Crippen molar-refractivity contribution in [3.05, 3.63) is 76.1 Å². The lowest BCUT2D eigenvalue weighted by Crippen LogP contribution is -2.17. The minimum Gasteiger partial charge on any atom is -0.481 e. The van der Waals surface area contributed by atoms with Gasteiger partial charge in [0.2, 0.25) is 0 Å². The van der Waals surface area contributed by atoms with Crippen molar-refractivity contribution in [2.75, 3.05) is 0 Å². The number of carboxylic acid groups (broad SMARTS) is 1. The molecule has 0 bridgehead atoms. The number of ether oxygens (including phenoxy) is 2. The van der Waals surface area contributed by atoms with E-state index in [1.54, 1.807) is 24.3 Å². The van der Waals surface area contributed by atoms with Gasteiger partial charge in [0, 0.05) is 0 Å². The number of aromatic nitrogens is 2. The molecule has 2 aromatic carbocycles. The summed E-state index contributed by atoms with van der Waals surface area (Å²) in [5, 5.41) is 16.2. The molecule has 1 aromatic heterocycles. The Labute approximate surface area is 186 Å². The van der Waals surface area contributed by atoms with Crippen LogP contribution in [-0.2, 0) is 11.2 Å². The van der Waals surface area contributed by atoms with Crippen LogP contribution in [0, 0.1) is 0 Å². The Hall–Kier alpha value is -3.20. The third kappa shape index (κ3) is 5.94. The summed E-state index contributed by atoms with van der Waals surface area (Å²) in [6.07, 6.45) is -5.81. The summed E-state index contributed by atoms with van der Waals surface area (Å²) in [6.45, 7) is 3.83. The standard InChI is InChI=1S/C22H20ClF3N2O4/c1-12(2)19-18(21(23)28-27-19)20(14-6-8-15(9-7-14)32-22(24,25)26)31-16-5-3-4-13(10-16)11-17(29)30/h3-10,12,20H,11H2,1-2H3,(H,27,28)(H,29,30). The highest BCUT2D eigenvalue weighted by atomic mass is 35.5. The Morgan fingerprint density at radius 3 is 2.44 bits per heavy atom. The maximum atomic E-state index is 12.5. The average molecular weight is 469 g/mol. The van der Waals surface area contributed by atoms with Gasteiger partial charge in [0.05, 0.1) is 17.7 Å². The van der Waals surface area contributed by atoms with Gasteiger partial charge in [0.25, 0.3) is 0 Å². The van der Waals surface area contributed by atoms with Gasteiger partial charge in [-0.3, -0.25) is 9.89 Å². The van der Waals surface area contributed by atoms with Crippen LogP contribution in [0.25, 0.3) is 0 Å². The van der Waals surface area contributed by atoms with E-state index < -0.39 is 18.4 Å². The molecule has 10 heteroatoms. The molecule has 3 rings (SSSR count). The van der Waals surface area contributed by atoms with Gasteiger partial charge in [-0.2, -0.15) is 5.10 Å². The van der Waals surface area contributed by atoms with Crippen LogP contribution in [0.3, 0.4) is 0 Å². The predicted octanol–water partition coefficient (Wildman–Crippen LogP) is 5.88. The van der Waals surface area contributed by atoms with Crippen LogP contribution in [0.4, 0.5) is 13.2 Å². The van der Waals surface area contributed by atoms with Gasteiger partial charge in [0.15, 0.2) is 6.10 Å². The molecule has 0 radical (unpaired) electrons. The highest BCUT2D eigenvalue weighted by Gasteiger charge is 2.32. The van der Waals surface area contributed by atoms with Gasteiger partial charge in [0.1, 0.15) is 16.7 Å². The van der Waals surface area contributed by atoms with E-state index in [0.29, 0.717) is 28.1 Å². The fraction of sp³-hybridized carbons (Fsp3) is 0.273. The molecule has 1 atom stereocenters. The largest absolute Gasteiger partial charge is 0.573 e. The monoisotopic (exact) mass is 468 g/mol. The molecule has 32 heavy (non-hydrogen) atoms. The van der Waals surface area contributed by atoms with Crippen molar-refractivity contribution in [3.8, 4) is 11.5 Å². The van der Waals surface area contributed by atoms with Crippen molar-refractivity contribution in [2.45, 2.75) is 38.7 Å². The van der Waals surface area contributed by atoms with Gasteiger partial charge in [-0.1, -0.05) is 49.7 Å². The molecule has 1 heterocycles. The number of carbonyl (C=O) groups is 1. The zero-order valence-electron chi connectivity index (χ0n) is 17.1. The van der Waals surface area contributed by atoms with Crippen LogP contribution in [0.15, 0.2) is 48.5 Å². The second kappa shape index (κ2) is 9.52. The van der Waals surface area contributed by atoms with Crippen molar-refractivity contribution in [2.24, 2.45) is 0 Å². The van der Waals surface area contributed by atoms with Gasteiger partial charge in [-0.05, 0) is 41.3 Å². The number of nitrogens with one attached hydrogen (secondary N) is 1. The number of aromatic amines is 1. The van der Waals surface area contributed by atoms with Crippen molar-refractivity contribution in [3.63, 3.8) is 0 Å². The first-order valence-electron chi connectivity index (χ1n) is 9.60. The van der Waals surface area contributed by atoms with E-state index in [9.17, 15) is 18.0 Å². The predicted molar refractivity (Wildman–Crippen MR) is 111 cm³/mol. The van der Waals surface area contributed by atoms with Gasteiger partial charge in [-0.25, -0.2) is 0 Å². The Morgan fingerprint density at radius 2 is 1.84 bits per heavy atom. The van der Waals surface area contributed by atoms with Crippen LogP contribution < -0.4 is 9.47 Å². The van der Waals surface area contributed by atoms with Gasteiger partial charge < -0.3 is 14.6 Å². The molecular weight excluding hydrogens is 449 g/mol. The molecule has 0 aliphatic carbocycles. The normalized spacial score (nSPS) is 12.6. The number of hydrogen-bond donors (Lipinski definition) is 2. The number of rotatable bonds is 8. The van der Waals surface area contributed by atoms with Gasteiger partial charge in [-0.15, -0.1) is 13.2 Å². The molecule has 0 amide bonds. The Bertz CT molecular complexity index is 1080. The Morgan fingerprint density at radius 1 is 1.16 bits per heavy atom. The number of nitrogens with zero attached hydrogens (tertiary/aromatic N) is 1. The van der Waals surface area contributed by atoms with Crippen molar-refractivity contribution in [1.29, 1.82) is 0 Å². The summed E-state index contributed by atoms with van der Waals surface area (Å²) in [7, 11) is 0. The second-order valence-electron chi connectivity index (χ2n) is 7.32. The lowest BCUT2D eigenvalue weighted by atomic mass is 9.97. The van der Waals surface area contributed by atoms with Crippen molar-refractivity contribution < 1.29 is 32.5 Å². The van der Waals surface area contributed by atoms with Crippen LogP contribution >= 0.6 is 11.6 Å². The van der Waals surface area contributed by atoms with E-state index in [4.69, 9.17) is 21.4 Å². The summed E-state index contributed by atoms with van der Waals surface area (Å²) >= 11 is 6.37. The maximum Gasteiger partial charge on any atom is 0.573 e. The third-order valence-electron chi connectivity index (χ3n) is 4.52. The molecule has 0 saturated heterocycles. The zero-order chi connectivity index (χ0) is 23.5. The number of halogens is 4. The summed E-state index contributed by atoms with van der Waals surface area (Å²) in [6, 6.07) is 11.8. The molecule has 0 saturated carbocycles. The van der Waals surface area contributed by atoms with Crippen molar-refractivity contribution >= 4 is 17.6 Å². The van der Waals surface area contributed by atoms with E-state index >= 15 is 0 Å². The Balaban J connectivity index is 2.02. The number of benzene rings is 2. The quantitative estimate of drug-likeness (QED) is 0.431. The highest BCUT2D eigenvalue weighted by molar-refractivity contribution is 6.30. The molecule has 0 aliphatic heterocycles. The molecule has 1 unspecified atom stereocenters. The number of H-pyrrole nitrogens is 1. The molecule has 3 aromatic rings. The molecular formula is C22H20ClF3N2O4. The minimum absolute atomic E-state index is 0.0222. The fourth-order valence-electron chi connectivity index (χ4n) is 3.21. The first-order chi connectivity index (χ1) is 15.0. The lowest BCUT2D eigenvalue weighted by molar-refractivity contribution is -0.274. The molecule has 0 aliphatic rings. The smallest absolute Gasteiger partial charge is 0.481 e. The number of hydrogen-bond acceptors (Lipinski definition) is 4. The molecule has 2 N–H and O–H groups in total. The first kappa shape index (κ1) is 23.5. The molecule has 170 valence electrons. The van der Waals surface area contributed by atoms with E-state index in [-0.39, 0.29) is 23.2 Å². The number of aliphatic carboxylic acids is 1. The zero-order valence-corrected chi connectivity index (χ0v) is 17.9. The molecule has 0 spiro atoms. The lowest BCUT2D eigenvalue weighted by Gasteiger charge is -2.22. The fourth-order valence-corrected chi connectivity index (χ4v) is 3.45. The van der Waals surface area contributed by atoms with E-state index in [2.05, 4.69) is 14.9 Å². The number of alkyl halides is 3. The topological polar surface area (TPSA) is 84.4 Å². The van der Waals surface area contributed by atoms with Crippen LogP contribution in [0.2, 0.25) is 5.15 Å². The maximum absolute atomic E-state index is 12.5. The third-order valence-corrected chi connectivity index (χ3v) is 4.81. The van der Waals surface area contributed by atoms with Crippen LogP contribution in [-0.4, -0.2) is 27.6 Å².